The molecule has 0 saturated heterocycles. The van der Waals surface area contributed by atoms with E-state index in [0.29, 0.717) is 12.0 Å². The van der Waals surface area contributed by atoms with Gasteiger partial charge in [-0.3, -0.25) is 9.59 Å². The summed E-state index contributed by atoms with van der Waals surface area (Å²) in [5, 5.41) is 4.21. The maximum Gasteiger partial charge on any atom is 0.253 e. The molecule has 3 aromatic rings. The van der Waals surface area contributed by atoms with Crippen LogP contribution in [0.5, 0.6) is 0 Å². The number of fused-ring (bicyclic) bond motifs is 2. The van der Waals surface area contributed by atoms with Crippen LogP contribution in [0.2, 0.25) is 0 Å². The number of nitrogens with zero attached hydrogens (tertiary/aromatic N) is 1. The Hall–Kier alpha value is -3.21. The Bertz CT molecular complexity index is 941. The van der Waals surface area contributed by atoms with Gasteiger partial charge in [-0.05, 0) is 25.5 Å². The van der Waals surface area contributed by atoms with Gasteiger partial charge in [0, 0.05) is 10.8 Å². The van der Waals surface area contributed by atoms with E-state index in [2.05, 4.69) is 16.9 Å². The first-order valence-corrected chi connectivity index (χ1v) is 7.99. The van der Waals surface area contributed by atoms with Crippen LogP contribution < -0.4 is 11.1 Å². The Balaban J connectivity index is 2.13. The van der Waals surface area contributed by atoms with Crippen LogP contribution >= 0.6 is 0 Å². The number of hydrogen-bond acceptors (Lipinski definition) is 3. The number of benzene rings is 2. The number of pyridine rings is 1. The highest BCUT2D eigenvalue weighted by Crippen LogP contribution is 2.26. The maximum absolute atomic E-state index is 13.0. The minimum Gasteiger partial charge on any atom is -0.368 e. The van der Waals surface area contributed by atoms with Crippen LogP contribution in [0, 0.1) is 0 Å². The highest BCUT2D eigenvalue weighted by atomic mass is 16.2. The van der Waals surface area contributed by atoms with Gasteiger partial charge >= 0.3 is 0 Å². The van der Waals surface area contributed by atoms with Crippen LogP contribution in [0.15, 0.2) is 60.7 Å². The summed E-state index contributed by atoms with van der Waals surface area (Å²) in [6.07, 6.45) is 0.308. The van der Waals surface area contributed by atoms with Gasteiger partial charge in [-0.25, -0.2) is 4.98 Å². The first kappa shape index (κ1) is 16.6. The van der Waals surface area contributed by atoms with Crippen molar-refractivity contribution in [2.75, 3.05) is 0 Å². The molecule has 0 unspecified atom stereocenters. The highest BCUT2D eigenvalue weighted by Gasteiger charge is 2.22. The summed E-state index contributed by atoms with van der Waals surface area (Å²) < 4.78 is 0. The molecule has 5 nitrogen and oxygen atoms in total. The van der Waals surface area contributed by atoms with E-state index in [1.54, 1.807) is 6.92 Å². The molecule has 0 aliphatic heterocycles. The lowest BCUT2D eigenvalue weighted by Gasteiger charge is -2.17. The quantitative estimate of drug-likeness (QED) is 0.556. The molecule has 0 saturated carbocycles. The topological polar surface area (TPSA) is 85.1 Å². The molecule has 3 rings (SSSR count). The number of rotatable bonds is 5. The maximum atomic E-state index is 13.0. The van der Waals surface area contributed by atoms with Crippen molar-refractivity contribution in [1.82, 2.24) is 10.3 Å². The molecule has 0 aliphatic carbocycles. The van der Waals surface area contributed by atoms with E-state index in [0.717, 1.165) is 27.4 Å². The van der Waals surface area contributed by atoms with E-state index >= 15 is 0 Å². The molecule has 1 heterocycles. The fourth-order valence-electron chi connectivity index (χ4n) is 2.89. The van der Waals surface area contributed by atoms with Crippen LogP contribution in [0.1, 0.15) is 23.7 Å². The van der Waals surface area contributed by atoms with E-state index in [1.807, 2.05) is 48.5 Å². The zero-order chi connectivity index (χ0) is 18.0. The normalized spacial score (nSPS) is 12.0. The Morgan fingerprint density at radius 3 is 2.08 bits per heavy atom. The fourth-order valence-corrected chi connectivity index (χ4v) is 2.89. The van der Waals surface area contributed by atoms with Gasteiger partial charge in [0.1, 0.15) is 6.04 Å². The number of primary amides is 1. The summed E-state index contributed by atoms with van der Waals surface area (Å²) >= 11 is 0. The van der Waals surface area contributed by atoms with Gasteiger partial charge in [-0.15, -0.1) is 6.58 Å². The van der Waals surface area contributed by atoms with Gasteiger partial charge in [-0.1, -0.05) is 42.0 Å². The number of carbonyl (C=O) groups is 2. The third-order valence-electron chi connectivity index (χ3n) is 4.02. The lowest BCUT2D eigenvalue weighted by molar-refractivity contribution is -0.119. The smallest absolute Gasteiger partial charge is 0.253 e. The standard InChI is InChI=1S/C20H19N3O2/c1-12(2)11-17(19(21)24)23-20(25)18-13-7-3-5-9-15(13)22-16-10-6-4-8-14(16)18/h3-10,17H,1,11H2,2H3,(H2,21,24)(H,23,25)/t17-/m0/s1. The number of nitrogens with one attached hydrogen (secondary N) is 1. The molecule has 2 aromatic carbocycles. The predicted molar refractivity (Wildman–Crippen MR) is 99.1 cm³/mol. The summed E-state index contributed by atoms with van der Waals surface area (Å²) in [6, 6.07) is 14.1. The monoisotopic (exact) mass is 333 g/mol. The zero-order valence-electron chi connectivity index (χ0n) is 14.0. The van der Waals surface area contributed by atoms with Gasteiger partial charge < -0.3 is 11.1 Å². The van der Waals surface area contributed by atoms with Crippen molar-refractivity contribution in [3.63, 3.8) is 0 Å². The van der Waals surface area contributed by atoms with Crippen molar-refractivity contribution >= 4 is 33.6 Å². The van der Waals surface area contributed by atoms with E-state index < -0.39 is 11.9 Å². The number of aromatic nitrogens is 1. The van der Waals surface area contributed by atoms with Crippen molar-refractivity contribution < 1.29 is 9.59 Å². The van der Waals surface area contributed by atoms with Crippen molar-refractivity contribution in [3.05, 3.63) is 66.2 Å². The molecule has 126 valence electrons. The molecule has 2 amide bonds. The first-order valence-electron chi connectivity index (χ1n) is 7.99. The second-order valence-corrected chi connectivity index (χ2v) is 6.11. The molecule has 0 fully saturated rings. The Morgan fingerprint density at radius 2 is 1.60 bits per heavy atom. The predicted octanol–water partition coefficient (Wildman–Crippen LogP) is 2.94. The van der Waals surface area contributed by atoms with E-state index in [1.165, 1.54) is 0 Å². The van der Waals surface area contributed by atoms with E-state index in [4.69, 9.17) is 5.73 Å². The van der Waals surface area contributed by atoms with Gasteiger partial charge in [0.05, 0.1) is 16.6 Å². The molecule has 0 radical (unpaired) electrons. The third-order valence-corrected chi connectivity index (χ3v) is 4.02. The molecule has 1 atom stereocenters. The van der Waals surface area contributed by atoms with Gasteiger partial charge in [0.2, 0.25) is 5.91 Å². The Kier molecular flexibility index (Phi) is 4.48. The van der Waals surface area contributed by atoms with Crippen LogP contribution in [0.3, 0.4) is 0 Å². The number of nitrogens with two attached hydrogens (primary N) is 1. The van der Waals surface area contributed by atoms with Crippen molar-refractivity contribution in [1.29, 1.82) is 0 Å². The minimum absolute atomic E-state index is 0.308. The third kappa shape index (κ3) is 3.35. The van der Waals surface area contributed by atoms with Crippen molar-refractivity contribution in [2.24, 2.45) is 5.73 Å². The molecular weight excluding hydrogens is 314 g/mol. The zero-order valence-corrected chi connectivity index (χ0v) is 14.0. The van der Waals surface area contributed by atoms with Crippen LogP contribution in [-0.4, -0.2) is 22.8 Å². The average Bonchev–Trinajstić information content (AvgIpc) is 2.58. The molecule has 0 bridgehead atoms. The lowest BCUT2D eigenvalue weighted by atomic mass is 10.0. The second kappa shape index (κ2) is 6.73. The highest BCUT2D eigenvalue weighted by molar-refractivity contribution is 6.16. The average molecular weight is 333 g/mol. The Labute approximate surface area is 145 Å². The van der Waals surface area contributed by atoms with Crippen molar-refractivity contribution in [2.45, 2.75) is 19.4 Å². The van der Waals surface area contributed by atoms with E-state index in [-0.39, 0.29) is 5.91 Å². The summed E-state index contributed by atoms with van der Waals surface area (Å²) in [6.45, 7) is 5.58. The molecule has 25 heavy (non-hydrogen) atoms. The summed E-state index contributed by atoms with van der Waals surface area (Å²) in [5.74, 6) is -0.932. The summed E-state index contributed by atoms with van der Waals surface area (Å²) in [7, 11) is 0. The van der Waals surface area contributed by atoms with Gasteiger partial charge in [0.25, 0.3) is 5.91 Å². The van der Waals surface area contributed by atoms with E-state index in [9.17, 15) is 9.59 Å². The molecular formula is C20H19N3O2. The SMILES string of the molecule is C=C(C)C[C@H](NC(=O)c1c2ccccc2nc2ccccc12)C(N)=O. The summed E-state index contributed by atoms with van der Waals surface area (Å²) in [5.41, 5.74) is 8.14. The second-order valence-electron chi connectivity index (χ2n) is 6.11. The number of carbonyl (C=O) groups excluding carboxylic acids is 2. The number of hydrogen-bond donors (Lipinski definition) is 2. The summed E-state index contributed by atoms with van der Waals surface area (Å²) in [4.78, 5) is 29.3. The molecule has 1 aromatic heterocycles. The van der Waals surface area contributed by atoms with Gasteiger partial charge in [-0.2, -0.15) is 0 Å². The fraction of sp³-hybridized carbons (Fsp3) is 0.150. The number of amides is 2. The van der Waals surface area contributed by atoms with Crippen molar-refractivity contribution in [3.8, 4) is 0 Å². The first-order chi connectivity index (χ1) is 12.0. The molecule has 0 spiro atoms. The Morgan fingerprint density at radius 1 is 1.08 bits per heavy atom. The lowest BCUT2D eigenvalue weighted by Crippen LogP contribution is -2.44. The minimum atomic E-state index is -0.796. The molecule has 3 N–H and O–H groups in total. The van der Waals surface area contributed by atoms with Crippen LogP contribution in [0.25, 0.3) is 21.8 Å². The largest absolute Gasteiger partial charge is 0.368 e. The molecule has 0 aliphatic rings. The van der Waals surface area contributed by atoms with Gasteiger partial charge in [0.15, 0.2) is 0 Å². The number of para-hydroxylation sites is 2. The van der Waals surface area contributed by atoms with Crippen LogP contribution in [0.4, 0.5) is 0 Å². The van der Waals surface area contributed by atoms with Crippen LogP contribution in [-0.2, 0) is 4.79 Å². The molecule has 5 heteroatoms.